The number of halogens is 1. The Morgan fingerprint density at radius 2 is 2.00 bits per heavy atom. The molecule has 1 unspecified atom stereocenters. The van der Waals surface area contributed by atoms with Crippen LogP contribution in [0.2, 0.25) is 5.28 Å². The smallest absolute Gasteiger partial charge is 0.241 e. The van der Waals surface area contributed by atoms with Crippen LogP contribution in [0.3, 0.4) is 0 Å². The van der Waals surface area contributed by atoms with E-state index in [1.165, 1.54) is 0 Å². The summed E-state index contributed by atoms with van der Waals surface area (Å²) in [5, 5.41) is 0.199. The Labute approximate surface area is 122 Å². The summed E-state index contributed by atoms with van der Waals surface area (Å²) >= 11 is 6.03. The second kappa shape index (κ2) is 5.34. The number of nitrogens with zero attached hydrogens (tertiary/aromatic N) is 7. The van der Waals surface area contributed by atoms with E-state index in [-0.39, 0.29) is 5.28 Å². The van der Waals surface area contributed by atoms with E-state index in [2.05, 4.69) is 43.7 Å². The molecule has 3 rings (SSSR count). The van der Waals surface area contributed by atoms with Gasteiger partial charge in [0.1, 0.15) is 6.33 Å². The Morgan fingerprint density at radius 3 is 2.70 bits per heavy atom. The van der Waals surface area contributed by atoms with Crippen molar-refractivity contribution >= 4 is 17.5 Å². The third-order valence-electron chi connectivity index (χ3n) is 3.41. The quantitative estimate of drug-likeness (QED) is 0.818. The van der Waals surface area contributed by atoms with Gasteiger partial charge in [0, 0.05) is 38.1 Å². The minimum atomic E-state index is 0.199. The zero-order chi connectivity index (χ0) is 14.1. The van der Waals surface area contributed by atoms with Crippen LogP contribution in [0.4, 0.5) is 5.95 Å². The fourth-order valence-electron chi connectivity index (χ4n) is 2.39. The monoisotopic (exact) mass is 293 g/mol. The first kappa shape index (κ1) is 13.3. The van der Waals surface area contributed by atoms with E-state index in [4.69, 9.17) is 11.6 Å². The van der Waals surface area contributed by atoms with Gasteiger partial charge in [0.25, 0.3) is 0 Å². The van der Waals surface area contributed by atoms with Crippen LogP contribution in [0.15, 0.2) is 18.7 Å². The van der Waals surface area contributed by atoms with Gasteiger partial charge in [-0.05, 0) is 25.6 Å². The van der Waals surface area contributed by atoms with Crippen molar-refractivity contribution in [3.63, 3.8) is 0 Å². The van der Waals surface area contributed by atoms with E-state index < -0.39 is 0 Å². The third-order valence-corrected chi connectivity index (χ3v) is 3.58. The summed E-state index contributed by atoms with van der Waals surface area (Å²) in [7, 11) is 2.12. The van der Waals surface area contributed by atoms with Gasteiger partial charge in [-0.2, -0.15) is 15.0 Å². The summed E-state index contributed by atoms with van der Waals surface area (Å²) in [5.41, 5.74) is 0. The normalized spacial score (nSPS) is 20.4. The van der Waals surface area contributed by atoms with Gasteiger partial charge in [-0.3, -0.25) is 4.57 Å². The van der Waals surface area contributed by atoms with Crippen molar-refractivity contribution in [1.29, 1.82) is 0 Å². The molecule has 1 fully saturated rings. The van der Waals surface area contributed by atoms with Crippen molar-refractivity contribution in [1.82, 2.24) is 29.4 Å². The van der Waals surface area contributed by atoms with Crippen LogP contribution in [0, 0.1) is 0 Å². The van der Waals surface area contributed by atoms with Crippen molar-refractivity contribution < 1.29 is 0 Å². The number of imidazole rings is 1. The van der Waals surface area contributed by atoms with Gasteiger partial charge in [0.15, 0.2) is 0 Å². The fourth-order valence-corrected chi connectivity index (χ4v) is 2.54. The van der Waals surface area contributed by atoms with Crippen LogP contribution in [0.1, 0.15) is 6.92 Å². The first-order chi connectivity index (χ1) is 9.63. The Balaban J connectivity index is 1.94. The lowest BCUT2D eigenvalue weighted by molar-refractivity contribution is 0.273. The Morgan fingerprint density at radius 1 is 1.20 bits per heavy atom. The van der Waals surface area contributed by atoms with E-state index in [1.54, 1.807) is 23.3 Å². The molecule has 0 aromatic carbocycles. The third kappa shape index (κ3) is 2.59. The Hall–Kier alpha value is -1.73. The molecule has 0 N–H and O–H groups in total. The molecule has 2 aromatic rings. The molecular formula is C12H16ClN7. The van der Waals surface area contributed by atoms with E-state index in [0.717, 1.165) is 19.6 Å². The molecule has 20 heavy (non-hydrogen) atoms. The highest BCUT2D eigenvalue weighted by Gasteiger charge is 2.24. The number of aromatic nitrogens is 5. The maximum Gasteiger partial charge on any atom is 0.241 e. The van der Waals surface area contributed by atoms with Gasteiger partial charge < -0.3 is 9.80 Å². The number of likely N-dealkylation sites (N-methyl/N-ethyl adjacent to an activating group) is 1. The molecular weight excluding hydrogens is 278 g/mol. The molecule has 1 saturated heterocycles. The van der Waals surface area contributed by atoms with Crippen LogP contribution in [-0.2, 0) is 0 Å². The highest BCUT2D eigenvalue weighted by Crippen LogP contribution is 2.18. The lowest BCUT2D eigenvalue weighted by atomic mass is 10.2. The molecule has 1 atom stereocenters. The summed E-state index contributed by atoms with van der Waals surface area (Å²) in [4.78, 5) is 21.3. The van der Waals surface area contributed by atoms with Crippen molar-refractivity contribution in [2.24, 2.45) is 0 Å². The highest BCUT2D eigenvalue weighted by atomic mass is 35.5. The van der Waals surface area contributed by atoms with Crippen molar-refractivity contribution in [3.05, 3.63) is 24.0 Å². The minimum Gasteiger partial charge on any atom is -0.335 e. The summed E-state index contributed by atoms with van der Waals surface area (Å²) in [6, 6.07) is 0.336. The van der Waals surface area contributed by atoms with Crippen LogP contribution >= 0.6 is 11.6 Å². The molecule has 0 aliphatic carbocycles. The lowest BCUT2D eigenvalue weighted by Crippen LogP contribution is -2.51. The van der Waals surface area contributed by atoms with Crippen LogP contribution in [0.25, 0.3) is 5.95 Å². The topological polar surface area (TPSA) is 63.0 Å². The van der Waals surface area contributed by atoms with Crippen molar-refractivity contribution in [2.45, 2.75) is 13.0 Å². The predicted octanol–water partition coefficient (Wildman–Crippen LogP) is 0.851. The van der Waals surface area contributed by atoms with Crippen LogP contribution < -0.4 is 4.90 Å². The average molecular weight is 294 g/mol. The fraction of sp³-hybridized carbons (Fsp3) is 0.500. The summed E-state index contributed by atoms with van der Waals surface area (Å²) < 4.78 is 1.72. The number of hydrogen-bond acceptors (Lipinski definition) is 6. The first-order valence-electron chi connectivity index (χ1n) is 6.48. The van der Waals surface area contributed by atoms with Gasteiger partial charge in [0.05, 0.1) is 0 Å². The largest absolute Gasteiger partial charge is 0.335 e. The molecule has 1 aliphatic heterocycles. The molecule has 106 valence electrons. The highest BCUT2D eigenvalue weighted by molar-refractivity contribution is 6.28. The van der Waals surface area contributed by atoms with Gasteiger partial charge >= 0.3 is 0 Å². The predicted molar refractivity (Wildman–Crippen MR) is 76.3 cm³/mol. The first-order valence-corrected chi connectivity index (χ1v) is 6.86. The number of piperazine rings is 1. The molecule has 0 amide bonds. The Bertz CT molecular complexity index is 585. The summed E-state index contributed by atoms with van der Waals surface area (Å²) in [6.07, 6.45) is 5.10. The molecule has 0 bridgehead atoms. The van der Waals surface area contributed by atoms with E-state index >= 15 is 0 Å². The molecule has 0 spiro atoms. The zero-order valence-corrected chi connectivity index (χ0v) is 12.2. The second-order valence-electron chi connectivity index (χ2n) is 4.98. The lowest BCUT2D eigenvalue weighted by Gasteiger charge is -2.38. The number of hydrogen-bond donors (Lipinski definition) is 0. The standard InChI is InChI=1S/C12H16ClN7/c1-9-7-18(2)5-6-20(9)12-16-10(13)15-11(17-12)19-4-3-14-8-19/h3-4,8-9H,5-7H2,1-2H3. The SMILES string of the molecule is CC1CN(C)CCN1c1nc(Cl)nc(-n2ccnc2)n1. The maximum absolute atomic E-state index is 6.03. The van der Waals surface area contributed by atoms with Crippen LogP contribution in [-0.4, -0.2) is 62.1 Å². The van der Waals surface area contributed by atoms with Gasteiger partial charge in [0.2, 0.25) is 17.2 Å². The van der Waals surface area contributed by atoms with Gasteiger partial charge in [-0.1, -0.05) is 0 Å². The molecule has 3 heterocycles. The molecule has 8 heteroatoms. The van der Waals surface area contributed by atoms with Gasteiger partial charge in [-0.15, -0.1) is 0 Å². The van der Waals surface area contributed by atoms with E-state index in [0.29, 0.717) is 17.9 Å². The summed E-state index contributed by atoms with van der Waals surface area (Å²) in [5.74, 6) is 1.11. The second-order valence-corrected chi connectivity index (χ2v) is 5.32. The maximum atomic E-state index is 6.03. The summed E-state index contributed by atoms with van der Waals surface area (Å²) in [6.45, 7) is 4.99. The molecule has 7 nitrogen and oxygen atoms in total. The molecule has 1 aliphatic rings. The van der Waals surface area contributed by atoms with Crippen molar-refractivity contribution in [3.8, 4) is 5.95 Å². The minimum absolute atomic E-state index is 0.199. The molecule has 2 aromatic heterocycles. The van der Waals surface area contributed by atoms with E-state index in [1.807, 2.05) is 0 Å². The van der Waals surface area contributed by atoms with E-state index in [9.17, 15) is 0 Å². The number of rotatable bonds is 2. The van der Waals surface area contributed by atoms with Crippen molar-refractivity contribution in [2.75, 3.05) is 31.6 Å². The zero-order valence-electron chi connectivity index (χ0n) is 11.4. The Kier molecular flexibility index (Phi) is 3.54. The number of anilines is 1. The molecule has 0 radical (unpaired) electrons. The molecule has 0 saturated carbocycles. The average Bonchev–Trinajstić information content (AvgIpc) is 2.91. The van der Waals surface area contributed by atoms with Gasteiger partial charge in [-0.25, -0.2) is 4.98 Å². The van der Waals surface area contributed by atoms with Crippen LogP contribution in [0.5, 0.6) is 0 Å².